The van der Waals surface area contributed by atoms with Gasteiger partial charge in [-0.2, -0.15) is 0 Å². The van der Waals surface area contributed by atoms with Gasteiger partial charge in [0.1, 0.15) is 0 Å². The SMILES string of the molecule is CCCCC(Cl)C(Cl)CCCC. The van der Waals surface area contributed by atoms with Crippen molar-refractivity contribution < 1.29 is 0 Å². The fraction of sp³-hybridized carbons (Fsp3) is 1.00. The first-order valence-electron chi connectivity index (χ1n) is 5.00. The number of rotatable bonds is 7. The summed E-state index contributed by atoms with van der Waals surface area (Å²) in [6, 6.07) is 0. The van der Waals surface area contributed by atoms with Crippen LogP contribution >= 0.6 is 23.2 Å². The van der Waals surface area contributed by atoms with Gasteiger partial charge in [0.15, 0.2) is 0 Å². The number of halogens is 2. The molecular formula is C10H20Cl2. The highest BCUT2D eigenvalue weighted by Crippen LogP contribution is 2.21. The van der Waals surface area contributed by atoms with Crippen molar-refractivity contribution in [2.75, 3.05) is 0 Å². The third kappa shape index (κ3) is 6.14. The normalized spacial score (nSPS) is 16.0. The lowest BCUT2D eigenvalue weighted by atomic mass is 10.1. The maximum atomic E-state index is 6.11. The maximum absolute atomic E-state index is 6.11. The molecule has 0 amide bonds. The van der Waals surface area contributed by atoms with Gasteiger partial charge in [0, 0.05) is 10.8 Å². The van der Waals surface area contributed by atoms with Crippen LogP contribution in [0, 0.1) is 0 Å². The fourth-order valence-corrected chi connectivity index (χ4v) is 1.72. The monoisotopic (exact) mass is 210 g/mol. The van der Waals surface area contributed by atoms with Crippen molar-refractivity contribution in [2.45, 2.75) is 63.1 Å². The molecule has 2 heteroatoms. The van der Waals surface area contributed by atoms with Crippen LogP contribution < -0.4 is 0 Å². The van der Waals surface area contributed by atoms with Gasteiger partial charge in [-0.25, -0.2) is 0 Å². The van der Waals surface area contributed by atoms with Crippen molar-refractivity contribution in [2.24, 2.45) is 0 Å². The molecule has 0 bridgehead atoms. The van der Waals surface area contributed by atoms with E-state index in [1.54, 1.807) is 0 Å². The average Bonchev–Trinajstić information content (AvgIpc) is 2.10. The molecule has 0 aromatic rings. The largest absolute Gasteiger partial charge is 0.121 e. The Kier molecular flexibility index (Phi) is 8.59. The molecule has 0 fully saturated rings. The maximum Gasteiger partial charge on any atom is 0.0499 e. The lowest BCUT2D eigenvalue weighted by molar-refractivity contribution is 0.598. The Bertz CT molecular complexity index is 81.8. The van der Waals surface area contributed by atoms with Gasteiger partial charge in [0.2, 0.25) is 0 Å². The molecular weight excluding hydrogens is 191 g/mol. The minimum Gasteiger partial charge on any atom is -0.121 e. The van der Waals surface area contributed by atoms with Gasteiger partial charge < -0.3 is 0 Å². The van der Waals surface area contributed by atoms with Crippen LogP contribution in [-0.2, 0) is 0 Å². The first kappa shape index (κ1) is 12.6. The Balaban J connectivity index is 3.39. The molecule has 12 heavy (non-hydrogen) atoms. The Labute approximate surface area is 86.6 Å². The molecule has 74 valence electrons. The summed E-state index contributed by atoms with van der Waals surface area (Å²) in [5, 5.41) is 0.358. The Morgan fingerprint density at radius 1 is 0.833 bits per heavy atom. The van der Waals surface area contributed by atoms with Crippen molar-refractivity contribution in [1.82, 2.24) is 0 Å². The molecule has 0 radical (unpaired) electrons. The Hall–Kier alpha value is 0.580. The molecule has 0 aromatic carbocycles. The predicted molar refractivity (Wildman–Crippen MR) is 58.3 cm³/mol. The minimum atomic E-state index is 0.179. The van der Waals surface area contributed by atoms with E-state index in [4.69, 9.17) is 23.2 Å². The zero-order valence-electron chi connectivity index (χ0n) is 8.15. The van der Waals surface area contributed by atoms with Gasteiger partial charge in [-0.15, -0.1) is 23.2 Å². The molecule has 0 saturated heterocycles. The summed E-state index contributed by atoms with van der Waals surface area (Å²) in [7, 11) is 0. The van der Waals surface area contributed by atoms with E-state index >= 15 is 0 Å². The smallest absolute Gasteiger partial charge is 0.0499 e. The van der Waals surface area contributed by atoms with Crippen LogP contribution in [0.2, 0.25) is 0 Å². The van der Waals surface area contributed by atoms with Crippen molar-refractivity contribution in [3.63, 3.8) is 0 Å². The molecule has 0 rings (SSSR count). The highest BCUT2D eigenvalue weighted by molar-refractivity contribution is 6.29. The van der Waals surface area contributed by atoms with E-state index in [1.807, 2.05) is 0 Å². The number of alkyl halides is 2. The van der Waals surface area contributed by atoms with Gasteiger partial charge in [0.05, 0.1) is 0 Å². The lowest BCUT2D eigenvalue weighted by Crippen LogP contribution is -2.14. The Morgan fingerprint density at radius 2 is 1.17 bits per heavy atom. The summed E-state index contributed by atoms with van der Waals surface area (Å²) < 4.78 is 0. The first-order chi connectivity index (χ1) is 5.72. The van der Waals surface area contributed by atoms with Crippen LogP contribution in [-0.4, -0.2) is 10.8 Å². The highest BCUT2D eigenvalue weighted by Gasteiger charge is 2.14. The summed E-state index contributed by atoms with van der Waals surface area (Å²) in [5.41, 5.74) is 0. The molecule has 0 nitrogen and oxygen atoms in total. The van der Waals surface area contributed by atoms with Crippen molar-refractivity contribution >= 4 is 23.2 Å². The van der Waals surface area contributed by atoms with Gasteiger partial charge in [-0.1, -0.05) is 39.5 Å². The molecule has 0 spiro atoms. The predicted octanol–water partition coefficient (Wildman–Crippen LogP) is 4.58. The van der Waals surface area contributed by atoms with Crippen LogP contribution in [0.1, 0.15) is 52.4 Å². The second kappa shape index (κ2) is 8.19. The minimum absolute atomic E-state index is 0.179. The molecule has 2 unspecified atom stereocenters. The standard InChI is InChI=1S/C10H20Cl2/c1-3-5-7-9(11)10(12)8-6-4-2/h9-10H,3-8H2,1-2H3. The van der Waals surface area contributed by atoms with E-state index in [9.17, 15) is 0 Å². The van der Waals surface area contributed by atoms with Crippen molar-refractivity contribution in [3.8, 4) is 0 Å². The summed E-state index contributed by atoms with van der Waals surface area (Å²) in [6.45, 7) is 4.36. The van der Waals surface area contributed by atoms with E-state index < -0.39 is 0 Å². The van der Waals surface area contributed by atoms with Gasteiger partial charge in [-0.3, -0.25) is 0 Å². The molecule has 0 saturated carbocycles. The lowest BCUT2D eigenvalue weighted by Gasteiger charge is -2.14. The molecule has 2 atom stereocenters. The van der Waals surface area contributed by atoms with E-state index in [0.29, 0.717) is 0 Å². The third-order valence-electron chi connectivity index (χ3n) is 2.06. The molecule has 0 heterocycles. The summed E-state index contributed by atoms with van der Waals surface area (Å²) in [4.78, 5) is 0. The van der Waals surface area contributed by atoms with E-state index in [1.165, 1.54) is 25.7 Å². The summed E-state index contributed by atoms with van der Waals surface area (Å²) in [5.74, 6) is 0. The fourth-order valence-electron chi connectivity index (χ4n) is 1.16. The topological polar surface area (TPSA) is 0 Å². The molecule has 0 N–H and O–H groups in total. The second-order valence-electron chi connectivity index (χ2n) is 3.32. The van der Waals surface area contributed by atoms with Crippen LogP contribution in [0.15, 0.2) is 0 Å². The molecule has 0 aliphatic heterocycles. The van der Waals surface area contributed by atoms with Crippen LogP contribution in [0.25, 0.3) is 0 Å². The zero-order chi connectivity index (χ0) is 9.40. The van der Waals surface area contributed by atoms with Crippen molar-refractivity contribution in [3.05, 3.63) is 0 Å². The van der Waals surface area contributed by atoms with Crippen LogP contribution in [0.3, 0.4) is 0 Å². The average molecular weight is 211 g/mol. The van der Waals surface area contributed by atoms with Gasteiger partial charge in [0.25, 0.3) is 0 Å². The van der Waals surface area contributed by atoms with Crippen LogP contribution in [0.5, 0.6) is 0 Å². The molecule has 0 aromatic heterocycles. The number of hydrogen-bond acceptors (Lipinski definition) is 0. The van der Waals surface area contributed by atoms with E-state index in [-0.39, 0.29) is 10.8 Å². The van der Waals surface area contributed by atoms with Crippen molar-refractivity contribution in [1.29, 1.82) is 0 Å². The van der Waals surface area contributed by atoms with Gasteiger partial charge >= 0.3 is 0 Å². The summed E-state index contributed by atoms with van der Waals surface area (Å²) >= 11 is 12.2. The number of hydrogen-bond donors (Lipinski definition) is 0. The quantitative estimate of drug-likeness (QED) is 0.540. The van der Waals surface area contributed by atoms with Crippen LogP contribution in [0.4, 0.5) is 0 Å². The van der Waals surface area contributed by atoms with E-state index in [0.717, 1.165) is 12.8 Å². The third-order valence-corrected chi connectivity index (χ3v) is 3.23. The Morgan fingerprint density at radius 3 is 1.42 bits per heavy atom. The van der Waals surface area contributed by atoms with Gasteiger partial charge in [-0.05, 0) is 12.8 Å². The van der Waals surface area contributed by atoms with E-state index in [2.05, 4.69) is 13.8 Å². The second-order valence-corrected chi connectivity index (χ2v) is 4.44. The zero-order valence-corrected chi connectivity index (χ0v) is 9.67. The first-order valence-corrected chi connectivity index (χ1v) is 5.87. The summed E-state index contributed by atoms with van der Waals surface area (Å²) in [6.07, 6.45) is 6.94. The number of unbranched alkanes of at least 4 members (excludes halogenated alkanes) is 2. The molecule has 0 aliphatic rings. The highest BCUT2D eigenvalue weighted by atomic mass is 35.5. The molecule has 0 aliphatic carbocycles.